The maximum absolute atomic E-state index is 12.7. The van der Waals surface area contributed by atoms with E-state index in [4.69, 9.17) is 13.9 Å². The van der Waals surface area contributed by atoms with Crippen molar-refractivity contribution in [3.8, 4) is 0 Å². The van der Waals surface area contributed by atoms with Gasteiger partial charge in [0.05, 0.1) is 24.9 Å². The Morgan fingerprint density at radius 1 is 1.04 bits per heavy atom. The first-order chi connectivity index (χ1) is 13.1. The highest BCUT2D eigenvalue weighted by Crippen LogP contribution is 2.34. The lowest BCUT2D eigenvalue weighted by atomic mass is 10.0. The van der Waals surface area contributed by atoms with Gasteiger partial charge in [-0.05, 0) is 43.8 Å². The van der Waals surface area contributed by atoms with Crippen molar-refractivity contribution < 1.29 is 39.7 Å². The molecule has 2 heterocycles. The molecule has 0 amide bonds. The van der Waals surface area contributed by atoms with Gasteiger partial charge in [-0.2, -0.15) is 21.6 Å². The molecule has 2 aliphatic heterocycles. The van der Waals surface area contributed by atoms with Crippen LogP contribution in [0.25, 0.3) is 0 Å². The minimum absolute atomic E-state index is 0.148. The van der Waals surface area contributed by atoms with Gasteiger partial charge in [0, 0.05) is 6.61 Å². The highest BCUT2D eigenvalue weighted by atomic mass is 32.2. The Hall–Kier alpha value is -0.203. The zero-order valence-corrected chi connectivity index (χ0v) is 18.5. The summed E-state index contributed by atoms with van der Waals surface area (Å²) in [5.41, 5.74) is -5.46. The maximum Gasteiger partial charge on any atom is 0.523 e. The van der Waals surface area contributed by atoms with Crippen molar-refractivity contribution in [2.45, 2.75) is 94.5 Å². The van der Waals surface area contributed by atoms with E-state index in [9.17, 15) is 21.6 Å². The Balaban J connectivity index is 2.20. The summed E-state index contributed by atoms with van der Waals surface area (Å²) >= 11 is 0. The average Bonchev–Trinajstić information content (AvgIpc) is 2.83. The van der Waals surface area contributed by atoms with E-state index in [2.05, 4.69) is 25.0 Å². The molecule has 2 saturated heterocycles. The summed E-state index contributed by atoms with van der Waals surface area (Å²) in [6.07, 6.45) is 0.886. The van der Waals surface area contributed by atoms with Gasteiger partial charge in [-0.1, -0.05) is 20.8 Å². The SMILES string of the molecule is CC[Si](CC)(CC)O[C@H]1CC[C@H]2OCCC[C@@H]2O[C@@H]1COS(=O)(=O)C(F)(F)F. The zero-order valence-electron chi connectivity index (χ0n) is 16.7. The molecule has 0 aromatic carbocycles. The molecule has 11 heteroatoms. The number of alkyl halides is 3. The van der Waals surface area contributed by atoms with Crippen LogP contribution in [0.4, 0.5) is 13.2 Å². The third-order valence-electron chi connectivity index (χ3n) is 5.88. The summed E-state index contributed by atoms with van der Waals surface area (Å²) in [5, 5.41) is 0. The van der Waals surface area contributed by atoms with Gasteiger partial charge >= 0.3 is 15.6 Å². The zero-order chi connectivity index (χ0) is 21.0. The maximum atomic E-state index is 12.7. The Morgan fingerprint density at radius 3 is 2.25 bits per heavy atom. The number of hydrogen-bond acceptors (Lipinski definition) is 6. The highest BCUT2D eigenvalue weighted by molar-refractivity contribution is 7.87. The predicted molar refractivity (Wildman–Crippen MR) is 99.9 cm³/mol. The van der Waals surface area contributed by atoms with Crippen LogP contribution < -0.4 is 0 Å². The number of halogens is 3. The van der Waals surface area contributed by atoms with Gasteiger partial charge in [0.15, 0.2) is 8.32 Å². The molecular weight excluding hydrogens is 417 g/mol. The van der Waals surface area contributed by atoms with Crippen molar-refractivity contribution >= 4 is 18.4 Å². The second-order valence-electron chi connectivity index (χ2n) is 7.43. The molecule has 0 N–H and O–H groups in total. The molecule has 6 nitrogen and oxygen atoms in total. The molecule has 0 unspecified atom stereocenters. The Morgan fingerprint density at radius 2 is 1.68 bits per heavy atom. The van der Waals surface area contributed by atoms with Gasteiger partial charge in [0.2, 0.25) is 0 Å². The fraction of sp³-hybridized carbons (Fsp3) is 1.00. The van der Waals surface area contributed by atoms with Crippen LogP contribution in [0.5, 0.6) is 0 Å². The molecule has 0 aromatic heterocycles. The quantitative estimate of drug-likeness (QED) is 0.318. The predicted octanol–water partition coefficient (Wildman–Crippen LogP) is 3.97. The van der Waals surface area contributed by atoms with Crippen molar-refractivity contribution in [3.05, 3.63) is 0 Å². The minimum atomic E-state index is -5.68. The lowest BCUT2D eigenvalue weighted by Gasteiger charge is -2.36. The molecule has 0 aromatic rings. The van der Waals surface area contributed by atoms with E-state index in [-0.39, 0.29) is 12.2 Å². The summed E-state index contributed by atoms with van der Waals surface area (Å²) in [6.45, 7) is 6.08. The van der Waals surface area contributed by atoms with Crippen LogP contribution in [0.3, 0.4) is 0 Å². The summed E-state index contributed by atoms with van der Waals surface area (Å²) in [4.78, 5) is 0. The normalized spacial score (nSPS) is 29.9. The van der Waals surface area contributed by atoms with Crippen molar-refractivity contribution in [2.75, 3.05) is 13.2 Å². The van der Waals surface area contributed by atoms with Gasteiger partial charge in [-0.3, -0.25) is 4.18 Å². The number of ether oxygens (including phenoxy) is 2. The Kier molecular flexibility index (Phi) is 8.37. The van der Waals surface area contributed by atoms with E-state index in [1.165, 1.54) is 0 Å². The monoisotopic (exact) mass is 448 g/mol. The minimum Gasteiger partial charge on any atom is -0.411 e. The molecule has 4 atom stereocenters. The summed E-state index contributed by atoms with van der Waals surface area (Å²) < 4.78 is 83.3. The van der Waals surface area contributed by atoms with Gasteiger partial charge < -0.3 is 13.9 Å². The van der Waals surface area contributed by atoms with E-state index >= 15 is 0 Å². The largest absolute Gasteiger partial charge is 0.523 e. The molecule has 0 radical (unpaired) electrons. The van der Waals surface area contributed by atoms with Gasteiger partial charge in [-0.15, -0.1) is 0 Å². The molecule has 28 heavy (non-hydrogen) atoms. The first kappa shape index (κ1) is 24.1. The van der Waals surface area contributed by atoms with Crippen molar-refractivity contribution in [1.82, 2.24) is 0 Å². The standard InChI is InChI=1S/C17H31F3O6SSi/c1-4-28(5-2,6-3)26-15-10-9-13-14(8-7-11-23-13)25-16(15)12-24-27(21,22)17(18,19)20/h13-16H,4-12H2,1-3H3/t13-,14+,15+,16-/m1/s1. The molecule has 2 fully saturated rings. The molecule has 0 bridgehead atoms. The second kappa shape index (κ2) is 9.74. The summed E-state index contributed by atoms with van der Waals surface area (Å²) in [5.74, 6) is 0. The van der Waals surface area contributed by atoms with Gasteiger partial charge in [0.1, 0.15) is 6.10 Å². The van der Waals surface area contributed by atoms with Crippen LogP contribution >= 0.6 is 0 Å². The van der Waals surface area contributed by atoms with Gasteiger partial charge in [-0.25, -0.2) is 0 Å². The Labute approximate surface area is 166 Å². The number of hydrogen-bond donors (Lipinski definition) is 0. The van der Waals surface area contributed by atoms with E-state index in [0.717, 1.165) is 31.0 Å². The van der Waals surface area contributed by atoms with E-state index < -0.39 is 42.8 Å². The van der Waals surface area contributed by atoms with Crippen LogP contribution in [-0.2, 0) is 28.2 Å². The number of rotatable bonds is 8. The highest BCUT2D eigenvalue weighted by Gasteiger charge is 2.49. The topological polar surface area (TPSA) is 71.1 Å². The van der Waals surface area contributed by atoms with Crippen molar-refractivity contribution in [1.29, 1.82) is 0 Å². The van der Waals surface area contributed by atoms with Crippen molar-refractivity contribution in [2.24, 2.45) is 0 Å². The average molecular weight is 449 g/mol. The molecule has 0 saturated carbocycles. The van der Waals surface area contributed by atoms with E-state index in [1.807, 2.05) is 0 Å². The lowest BCUT2D eigenvalue weighted by molar-refractivity contribution is -0.140. The van der Waals surface area contributed by atoms with E-state index in [0.29, 0.717) is 19.4 Å². The van der Waals surface area contributed by atoms with Crippen LogP contribution in [0.1, 0.15) is 46.5 Å². The Bertz CT molecular complexity index is 588. The first-order valence-electron chi connectivity index (χ1n) is 9.98. The first-order valence-corrected chi connectivity index (χ1v) is 13.9. The summed E-state index contributed by atoms with van der Waals surface area (Å²) in [6, 6.07) is 2.61. The van der Waals surface area contributed by atoms with Crippen LogP contribution in [0.2, 0.25) is 18.1 Å². The van der Waals surface area contributed by atoms with Crippen LogP contribution in [-0.4, -0.2) is 59.9 Å². The van der Waals surface area contributed by atoms with Crippen LogP contribution in [0, 0.1) is 0 Å². The van der Waals surface area contributed by atoms with E-state index in [1.54, 1.807) is 0 Å². The third-order valence-corrected chi connectivity index (χ3v) is 11.6. The molecule has 2 aliphatic rings. The summed E-state index contributed by atoms with van der Waals surface area (Å²) in [7, 11) is -7.75. The van der Waals surface area contributed by atoms with Crippen LogP contribution in [0.15, 0.2) is 0 Å². The van der Waals surface area contributed by atoms with Crippen molar-refractivity contribution in [3.63, 3.8) is 0 Å². The molecule has 0 spiro atoms. The van der Waals surface area contributed by atoms with Gasteiger partial charge in [0.25, 0.3) is 0 Å². The molecule has 2 rings (SSSR count). The third kappa shape index (κ3) is 5.69. The molecular formula is C17H31F3O6SSi. The molecule has 0 aliphatic carbocycles. The lowest BCUT2D eigenvalue weighted by Crippen LogP contribution is -2.47. The fourth-order valence-corrected chi connectivity index (χ4v) is 7.25. The smallest absolute Gasteiger partial charge is 0.411 e. The molecule has 166 valence electrons. The second-order valence-corrected chi connectivity index (χ2v) is 13.8. The fourth-order valence-electron chi connectivity index (χ4n) is 3.89. The number of fused-ring (bicyclic) bond motifs is 1.